The third-order valence-corrected chi connectivity index (χ3v) is 6.27. The van der Waals surface area contributed by atoms with Crippen molar-refractivity contribution in [3.8, 4) is 11.1 Å². The van der Waals surface area contributed by atoms with Crippen molar-refractivity contribution in [3.05, 3.63) is 88.2 Å². The number of nitrogens with zero attached hydrogens (tertiary/aromatic N) is 2. The number of anilines is 1. The average molecular weight is 521 g/mol. The van der Waals surface area contributed by atoms with E-state index in [0.717, 1.165) is 16.1 Å². The maximum absolute atomic E-state index is 14.3. The van der Waals surface area contributed by atoms with E-state index in [0.29, 0.717) is 33.8 Å². The fraction of sp³-hybridized carbons (Fsp3) is 0.231. The Kier molecular flexibility index (Phi) is 7.33. The van der Waals surface area contributed by atoms with Gasteiger partial charge in [-0.2, -0.15) is 18.3 Å². The van der Waals surface area contributed by atoms with E-state index in [-0.39, 0.29) is 6.61 Å². The second-order valence-electron chi connectivity index (χ2n) is 8.47. The maximum Gasteiger partial charge on any atom is 0.431 e. The Morgan fingerprint density at radius 3 is 2.36 bits per heavy atom. The molecule has 1 aliphatic heterocycles. The van der Waals surface area contributed by atoms with Gasteiger partial charge in [0.1, 0.15) is 11.5 Å². The van der Waals surface area contributed by atoms with Crippen LogP contribution in [0.5, 0.6) is 0 Å². The number of carbonyl (C=O) groups is 1. The number of hydrogen-bond donors (Lipinski definition) is 2. The van der Waals surface area contributed by atoms with Gasteiger partial charge in [-0.15, -0.1) is 0 Å². The molecular formula is C26H21ClF4N2O3. The standard InChI is InChI=1S/C26H21ClF4N2O3/c27-22-11-17(21-10-16(14-34)3-8-23(21)28)4-5-18(22)9-15-1-6-19(7-2-15)33-20(13-25(35)36)12-24(32-33)26(29,30)31/h1-8,10-11,20,34H,9,12-14H2,(H,35,36)/t20-/m1/s1. The summed E-state index contributed by atoms with van der Waals surface area (Å²) in [5, 5.41) is 23.6. The second kappa shape index (κ2) is 10.3. The third-order valence-electron chi connectivity index (χ3n) is 5.91. The summed E-state index contributed by atoms with van der Waals surface area (Å²) >= 11 is 6.46. The SMILES string of the molecule is O=C(O)C[C@H]1CC(C(F)(F)F)=NN1c1ccc(Cc2ccc(-c3cc(CO)ccc3F)cc2Cl)cc1. The van der Waals surface area contributed by atoms with Crippen molar-refractivity contribution in [2.24, 2.45) is 5.10 Å². The number of carboxylic acids is 1. The van der Waals surface area contributed by atoms with Crippen molar-refractivity contribution in [3.63, 3.8) is 0 Å². The molecule has 36 heavy (non-hydrogen) atoms. The first-order valence-electron chi connectivity index (χ1n) is 11.0. The van der Waals surface area contributed by atoms with E-state index in [1.165, 1.54) is 12.1 Å². The summed E-state index contributed by atoms with van der Waals surface area (Å²) < 4.78 is 53.7. The lowest BCUT2D eigenvalue weighted by Gasteiger charge is -2.22. The summed E-state index contributed by atoms with van der Waals surface area (Å²) in [7, 11) is 0. The zero-order valence-corrected chi connectivity index (χ0v) is 19.5. The van der Waals surface area contributed by atoms with Crippen molar-refractivity contribution in [1.29, 1.82) is 0 Å². The van der Waals surface area contributed by atoms with Crippen LogP contribution in [-0.2, 0) is 17.8 Å². The van der Waals surface area contributed by atoms with E-state index in [1.54, 1.807) is 48.5 Å². The molecule has 0 aromatic heterocycles. The van der Waals surface area contributed by atoms with Crippen molar-refractivity contribution >= 4 is 29.0 Å². The molecule has 0 spiro atoms. The number of benzene rings is 3. The molecule has 0 unspecified atom stereocenters. The molecule has 0 radical (unpaired) electrons. The molecule has 5 nitrogen and oxygen atoms in total. The van der Waals surface area contributed by atoms with Gasteiger partial charge < -0.3 is 10.2 Å². The first-order chi connectivity index (χ1) is 17.0. The maximum atomic E-state index is 14.3. The number of alkyl halides is 3. The summed E-state index contributed by atoms with van der Waals surface area (Å²) in [6.45, 7) is -0.216. The quantitative estimate of drug-likeness (QED) is 0.364. The number of halogens is 5. The van der Waals surface area contributed by atoms with Gasteiger partial charge in [0.05, 0.1) is 24.8 Å². The van der Waals surface area contributed by atoms with E-state index in [4.69, 9.17) is 16.7 Å². The smallest absolute Gasteiger partial charge is 0.431 e. The monoisotopic (exact) mass is 520 g/mol. The van der Waals surface area contributed by atoms with Crippen molar-refractivity contribution in [1.82, 2.24) is 0 Å². The summed E-state index contributed by atoms with van der Waals surface area (Å²) in [5.41, 5.74) is 2.37. The number of hydrazone groups is 1. The molecule has 0 saturated carbocycles. The lowest BCUT2D eigenvalue weighted by Crippen LogP contribution is -2.29. The number of aliphatic hydroxyl groups is 1. The van der Waals surface area contributed by atoms with Gasteiger partial charge in [0.25, 0.3) is 0 Å². The Balaban J connectivity index is 1.53. The third kappa shape index (κ3) is 5.68. The number of rotatable bonds is 7. The Labute approximate surface area is 209 Å². The molecule has 188 valence electrons. The predicted molar refractivity (Wildman–Crippen MR) is 129 cm³/mol. The molecule has 0 fully saturated rings. The van der Waals surface area contributed by atoms with Gasteiger partial charge in [-0.05, 0) is 59.0 Å². The molecule has 10 heteroatoms. The average Bonchev–Trinajstić information content (AvgIpc) is 3.25. The van der Waals surface area contributed by atoms with Crippen LogP contribution >= 0.6 is 11.6 Å². The topological polar surface area (TPSA) is 73.1 Å². The first-order valence-corrected chi connectivity index (χ1v) is 11.4. The highest BCUT2D eigenvalue weighted by Gasteiger charge is 2.43. The highest BCUT2D eigenvalue weighted by Crippen LogP contribution is 2.34. The summed E-state index contributed by atoms with van der Waals surface area (Å²) in [6.07, 6.45) is -5.19. The van der Waals surface area contributed by atoms with Gasteiger partial charge in [0.2, 0.25) is 0 Å². The molecule has 0 amide bonds. The molecule has 4 rings (SSSR count). The van der Waals surface area contributed by atoms with Gasteiger partial charge in [-0.1, -0.05) is 41.9 Å². The van der Waals surface area contributed by atoms with Crippen LogP contribution in [0.1, 0.15) is 29.5 Å². The highest BCUT2D eigenvalue weighted by molar-refractivity contribution is 6.31. The first kappa shape index (κ1) is 25.7. The van der Waals surface area contributed by atoms with E-state index in [1.807, 2.05) is 0 Å². The minimum absolute atomic E-state index is 0.216. The molecule has 3 aromatic carbocycles. The van der Waals surface area contributed by atoms with Gasteiger partial charge in [-0.25, -0.2) is 4.39 Å². The number of aliphatic carboxylic acids is 1. The van der Waals surface area contributed by atoms with Gasteiger partial charge in [0, 0.05) is 17.0 Å². The number of aliphatic hydroxyl groups excluding tert-OH is 1. The van der Waals surface area contributed by atoms with Crippen molar-refractivity contribution < 1.29 is 32.6 Å². The van der Waals surface area contributed by atoms with E-state index in [9.17, 15) is 27.5 Å². The number of carboxylic acid groups (broad SMARTS) is 1. The van der Waals surface area contributed by atoms with Crippen LogP contribution in [0.4, 0.5) is 23.2 Å². The number of hydrogen-bond acceptors (Lipinski definition) is 4. The molecule has 0 aliphatic carbocycles. The lowest BCUT2D eigenvalue weighted by atomic mass is 9.98. The van der Waals surface area contributed by atoms with E-state index < -0.39 is 42.6 Å². The van der Waals surface area contributed by atoms with Gasteiger partial charge in [0.15, 0.2) is 0 Å². The van der Waals surface area contributed by atoms with Crippen LogP contribution in [0.25, 0.3) is 11.1 Å². The summed E-state index contributed by atoms with van der Waals surface area (Å²) in [4.78, 5) is 11.1. The molecule has 1 aliphatic rings. The largest absolute Gasteiger partial charge is 0.481 e. The van der Waals surface area contributed by atoms with Crippen molar-refractivity contribution in [2.75, 3.05) is 5.01 Å². The fourth-order valence-corrected chi connectivity index (χ4v) is 4.35. The molecule has 3 aromatic rings. The Hall–Kier alpha value is -3.43. The predicted octanol–water partition coefficient (Wildman–Crippen LogP) is 6.20. The molecule has 2 N–H and O–H groups in total. The zero-order chi connectivity index (χ0) is 26.0. The van der Waals surface area contributed by atoms with Crippen LogP contribution < -0.4 is 5.01 Å². The van der Waals surface area contributed by atoms with E-state index >= 15 is 0 Å². The van der Waals surface area contributed by atoms with E-state index in [2.05, 4.69) is 5.10 Å². The van der Waals surface area contributed by atoms with Crippen LogP contribution in [0.2, 0.25) is 5.02 Å². The fourth-order valence-electron chi connectivity index (χ4n) is 4.10. The second-order valence-corrected chi connectivity index (χ2v) is 8.87. The van der Waals surface area contributed by atoms with Crippen LogP contribution in [0.15, 0.2) is 65.8 Å². The Morgan fingerprint density at radius 2 is 1.75 bits per heavy atom. The van der Waals surface area contributed by atoms with Crippen LogP contribution in [0.3, 0.4) is 0 Å². The molecule has 0 saturated heterocycles. The highest BCUT2D eigenvalue weighted by atomic mass is 35.5. The molecule has 1 atom stereocenters. The zero-order valence-electron chi connectivity index (χ0n) is 18.8. The molecular weight excluding hydrogens is 500 g/mol. The Bertz CT molecular complexity index is 1310. The van der Waals surface area contributed by atoms with Gasteiger partial charge >= 0.3 is 12.1 Å². The lowest BCUT2D eigenvalue weighted by molar-refractivity contribution is -0.137. The normalized spacial score (nSPS) is 15.8. The summed E-state index contributed by atoms with van der Waals surface area (Å²) in [6, 6.07) is 15.1. The molecule has 1 heterocycles. The minimum Gasteiger partial charge on any atom is -0.481 e. The van der Waals surface area contributed by atoms with Crippen LogP contribution in [-0.4, -0.2) is 34.1 Å². The Morgan fingerprint density at radius 1 is 1.06 bits per heavy atom. The molecule has 0 bridgehead atoms. The minimum atomic E-state index is -4.63. The van der Waals surface area contributed by atoms with Gasteiger partial charge in [-0.3, -0.25) is 9.80 Å². The van der Waals surface area contributed by atoms with Crippen molar-refractivity contribution in [2.45, 2.75) is 38.1 Å². The van der Waals surface area contributed by atoms with Crippen LogP contribution in [0, 0.1) is 5.82 Å². The summed E-state index contributed by atoms with van der Waals surface area (Å²) in [5.74, 6) is -1.65.